The number of nitrogens with two attached hydrogens (primary N) is 1. The molecule has 0 atom stereocenters. The number of rotatable bonds is 5. The van der Waals surface area contributed by atoms with E-state index in [9.17, 15) is 9.59 Å². The van der Waals surface area contributed by atoms with E-state index in [-0.39, 0.29) is 11.8 Å². The van der Waals surface area contributed by atoms with Gasteiger partial charge in [-0.15, -0.1) is 0 Å². The smallest absolute Gasteiger partial charge is 0.261 e. The van der Waals surface area contributed by atoms with E-state index in [0.29, 0.717) is 23.4 Å². The first kappa shape index (κ1) is 12.6. The first-order chi connectivity index (χ1) is 8.65. The van der Waals surface area contributed by atoms with Crippen LogP contribution in [0.15, 0.2) is 18.2 Å². The second-order valence-electron chi connectivity index (χ2n) is 4.63. The number of nitrogens with zero attached hydrogens (tertiary/aromatic N) is 1. The number of amides is 2. The van der Waals surface area contributed by atoms with Crippen molar-refractivity contribution in [2.45, 2.75) is 32.6 Å². The molecule has 4 heteroatoms. The molecule has 0 fully saturated rings. The Bertz CT molecular complexity index is 483. The van der Waals surface area contributed by atoms with Crippen molar-refractivity contribution in [3.8, 4) is 0 Å². The van der Waals surface area contributed by atoms with Crippen LogP contribution in [0.4, 0.5) is 5.69 Å². The summed E-state index contributed by atoms with van der Waals surface area (Å²) < 4.78 is 0. The second kappa shape index (κ2) is 5.21. The number of carbonyl (C=O) groups excluding carboxylic acids is 2. The Kier molecular flexibility index (Phi) is 3.65. The van der Waals surface area contributed by atoms with Crippen molar-refractivity contribution in [1.82, 2.24) is 4.90 Å². The Hall–Kier alpha value is -1.84. The van der Waals surface area contributed by atoms with E-state index < -0.39 is 0 Å². The molecular weight excluding hydrogens is 228 g/mol. The van der Waals surface area contributed by atoms with Crippen molar-refractivity contribution in [1.29, 1.82) is 0 Å². The summed E-state index contributed by atoms with van der Waals surface area (Å²) in [6, 6.07) is 4.88. The van der Waals surface area contributed by atoms with Gasteiger partial charge in [0.2, 0.25) is 0 Å². The molecule has 96 valence electrons. The van der Waals surface area contributed by atoms with E-state index in [0.717, 1.165) is 25.7 Å². The number of hydrogen-bond acceptors (Lipinski definition) is 3. The van der Waals surface area contributed by atoms with Gasteiger partial charge in [-0.3, -0.25) is 14.5 Å². The molecule has 0 spiro atoms. The predicted octanol–water partition coefficient (Wildman–Crippen LogP) is 2.45. The zero-order chi connectivity index (χ0) is 13.1. The summed E-state index contributed by atoms with van der Waals surface area (Å²) in [6.07, 6.45) is 4.19. The second-order valence-corrected chi connectivity index (χ2v) is 4.63. The monoisotopic (exact) mass is 246 g/mol. The lowest BCUT2D eigenvalue weighted by atomic mass is 10.1. The molecule has 1 aromatic carbocycles. The topological polar surface area (TPSA) is 63.4 Å². The highest BCUT2D eigenvalue weighted by molar-refractivity contribution is 6.21. The molecule has 2 amide bonds. The zero-order valence-corrected chi connectivity index (χ0v) is 10.6. The normalized spacial score (nSPS) is 14.2. The molecule has 0 aromatic heterocycles. The Morgan fingerprint density at radius 2 is 1.78 bits per heavy atom. The molecule has 0 aliphatic carbocycles. The van der Waals surface area contributed by atoms with Gasteiger partial charge in [-0.05, 0) is 24.6 Å². The molecule has 1 aliphatic rings. The lowest BCUT2D eigenvalue weighted by Gasteiger charge is -2.13. The largest absolute Gasteiger partial charge is 0.399 e. The van der Waals surface area contributed by atoms with Crippen molar-refractivity contribution in [2.24, 2.45) is 0 Å². The Balaban J connectivity index is 2.08. The average molecular weight is 246 g/mol. The summed E-state index contributed by atoms with van der Waals surface area (Å²) in [6.45, 7) is 2.64. The number of hydrogen-bond donors (Lipinski definition) is 1. The fraction of sp³-hybridized carbons (Fsp3) is 0.429. The molecule has 4 nitrogen and oxygen atoms in total. The van der Waals surface area contributed by atoms with Crippen LogP contribution in [0.1, 0.15) is 53.3 Å². The third-order valence-corrected chi connectivity index (χ3v) is 3.23. The van der Waals surface area contributed by atoms with Crippen LogP contribution in [-0.2, 0) is 0 Å². The number of benzene rings is 1. The number of unbranched alkanes of at least 4 members (excludes halogenated alkanes) is 3. The van der Waals surface area contributed by atoms with Crippen LogP contribution in [0.2, 0.25) is 0 Å². The maximum absolute atomic E-state index is 12.1. The van der Waals surface area contributed by atoms with Crippen LogP contribution in [0.5, 0.6) is 0 Å². The zero-order valence-electron chi connectivity index (χ0n) is 10.6. The standard InChI is InChI=1S/C14H18N2O2/c1-2-3-4-5-8-16-13(17)11-7-6-10(15)9-12(11)14(16)18/h6-7,9H,2-5,8,15H2,1H3. The number of anilines is 1. The summed E-state index contributed by atoms with van der Waals surface area (Å²) in [5.74, 6) is -0.398. The minimum atomic E-state index is -0.209. The fourth-order valence-electron chi connectivity index (χ4n) is 2.21. The Morgan fingerprint density at radius 1 is 1.06 bits per heavy atom. The number of fused-ring (bicyclic) bond motifs is 1. The van der Waals surface area contributed by atoms with E-state index in [4.69, 9.17) is 5.73 Å². The molecule has 0 saturated heterocycles. The lowest BCUT2D eigenvalue weighted by Crippen LogP contribution is -2.30. The first-order valence-electron chi connectivity index (χ1n) is 6.41. The SMILES string of the molecule is CCCCCCN1C(=O)c2ccc(N)cc2C1=O. The first-order valence-corrected chi connectivity index (χ1v) is 6.41. The van der Waals surface area contributed by atoms with Crippen LogP contribution in [0.25, 0.3) is 0 Å². The molecule has 0 unspecified atom stereocenters. The molecule has 1 heterocycles. The van der Waals surface area contributed by atoms with E-state index in [1.54, 1.807) is 18.2 Å². The van der Waals surface area contributed by atoms with Crippen molar-refractivity contribution < 1.29 is 9.59 Å². The molecule has 0 radical (unpaired) electrons. The lowest BCUT2D eigenvalue weighted by molar-refractivity contribution is 0.0651. The van der Waals surface area contributed by atoms with Gasteiger partial charge in [0.05, 0.1) is 11.1 Å². The van der Waals surface area contributed by atoms with Gasteiger partial charge in [-0.2, -0.15) is 0 Å². The van der Waals surface area contributed by atoms with Gasteiger partial charge in [0.1, 0.15) is 0 Å². The van der Waals surface area contributed by atoms with Gasteiger partial charge in [0.15, 0.2) is 0 Å². The highest BCUT2D eigenvalue weighted by Crippen LogP contribution is 2.25. The summed E-state index contributed by atoms with van der Waals surface area (Å²) in [4.78, 5) is 25.5. The van der Waals surface area contributed by atoms with Crippen LogP contribution < -0.4 is 5.73 Å². The summed E-state index contributed by atoms with van der Waals surface area (Å²) >= 11 is 0. The van der Waals surface area contributed by atoms with Gasteiger partial charge in [-0.1, -0.05) is 26.2 Å². The molecule has 0 saturated carbocycles. The maximum atomic E-state index is 12.1. The van der Waals surface area contributed by atoms with Crippen molar-refractivity contribution in [3.63, 3.8) is 0 Å². The average Bonchev–Trinajstić information content (AvgIpc) is 2.59. The Morgan fingerprint density at radius 3 is 2.50 bits per heavy atom. The fourth-order valence-corrected chi connectivity index (χ4v) is 2.21. The highest BCUT2D eigenvalue weighted by atomic mass is 16.2. The van der Waals surface area contributed by atoms with Crippen molar-refractivity contribution >= 4 is 17.5 Å². The molecule has 2 N–H and O–H groups in total. The molecular formula is C14H18N2O2. The van der Waals surface area contributed by atoms with Gasteiger partial charge in [-0.25, -0.2) is 0 Å². The van der Waals surface area contributed by atoms with Crippen LogP contribution >= 0.6 is 0 Å². The van der Waals surface area contributed by atoms with Crippen molar-refractivity contribution in [2.75, 3.05) is 12.3 Å². The van der Waals surface area contributed by atoms with Crippen molar-refractivity contribution in [3.05, 3.63) is 29.3 Å². The quantitative estimate of drug-likeness (QED) is 0.493. The highest BCUT2D eigenvalue weighted by Gasteiger charge is 2.34. The number of imide groups is 1. The number of carbonyl (C=O) groups is 2. The van der Waals surface area contributed by atoms with Gasteiger partial charge in [0, 0.05) is 12.2 Å². The molecule has 1 aromatic rings. The summed E-state index contributed by atoms with van der Waals surface area (Å²) in [5, 5.41) is 0. The third-order valence-electron chi connectivity index (χ3n) is 3.23. The minimum absolute atomic E-state index is 0.188. The summed E-state index contributed by atoms with van der Waals surface area (Å²) in [5.41, 5.74) is 7.07. The molecule has 1 aliphatic heterocycles. The maximum Gasteiger partial charge on any atom is 0.261 e. The molecule has 0 bridgehead atoms. The van der Waals surface area contributed by atoms with Gasteiger partial charge < -0.3 is 5.73 Å². The number of nitrogen functional groups attached to an aromatic ring is 1. The van der Waals surface area contributed by atoms with E-state index in [1.807, 2.05) is 0 Å². The molecule has 2 rings (SSSR count). The van der Waals surface area contributed by atoms with Crippen LogP contribution in [0.3, 0.4) is 0 Å². The van der Waals surface area contributed by atoms with Gasteiger partial charge in [0.25, 0.3) is 11.8 Å². The van der Waals surface area contributed by atoms with E-state index >= 15 is 0 Å². The minimum Gasteiger partial charge on any atom is -0.399 e. The third kappa shape index (κ3) is 2.23. The Labute approximate surface area is 107 Å². The summed E-state index contributed by atoms with van der Waals surface area (Å²) in [7, 11) is 0. The van der Waals surface area contributed by atoms with Gasteiger partial charge >= 0.3 is 0 Å². The predicted molar refractivity (Wildman–Crippen MR) is 70.4 cm³/mol. The van der Waals surface area contributed by atoms with E-state index in [2.05, 4.69) is 6.92 Å². The molecule has 18 heavy (non-hydrogen) atoms. The van der Waals surface area contributed by atoms with Crippen LogP contribution in [-0.4, -0.2) is 23.3 Å². The van der Waals surface area contributed by atoms with E-state index in [1.165, 1.54) is 4.90 Å². The van der Waals surface area contributed by atoms with Crippen LogP contribution in [0, 0.1) is 0 Å².